The fourth-order valence-corrected chi connectivity index (χ4v) is 3.20. The second kappa shape index (κ2) is 5.01. The van der Waals surface area contributed by atoms with E-state index in [1.165, 1.54) is 6.20 Å². The number of nitrogens with one attached hydrogen (secondary N) is 1. The molecule has 4 rings (SSSR count). The van der Waals surface area contributed by atoms with Crippen LogP contribution >= 0.6 is 0 Å². The molecule has 1 amide bonds. The lowest BCUT2D eigenvalue weighted by Crippen LogP contribution is -2.35. The molecule has 0 radical (unpaired) electrons. The number of fused-ring (bicyclic) bond motifs is 1. The highest BCUT2D eigenvalue weighted by atomic mass is 16.5. The van der Waals surface area contributed by atoms with Crippen molar-refractivity contribution in [3.63, 3.8) is 0 Å². The molecule has 1 aromatic carbocycles. The highest BCUT2D eigenvalue weighted by Gasteiger charge is 2.47. The Hall–Kier alpha value is -2.99. The monoisotopic (exact) mass is 321 g/mol. The number of benzene rings is 1. The first-order valence-corrected chi connectivity index (χ1v) is 7.54. The van der Waals surface area contributed by atoms with Crippen LogP contribution in [0.1, 0.15) is 22.6 Å². The van der Waals surface area contributed by atoms with Crippen LogP contribution in [0.25, 0.3) is 11.1 Å². The number of carbonyl (C=O) groups is 1. The molecule has 0 saturated carbocycles. The minimum atomic E-state index is -1.77. The highest BCUT2D eigenvalue weighted by Crippen LogP contribution is 2.43. The molecular weight excluding hydrogens is 306 g/mol. The topological polar surface area (TPSA) is 88.2 Å². The lowest BCUT2D eigenvalue weighted by Gasteiger charge is -2.21. The average Bonchev–Trinajstić information content (AvgIpc) is 3.06. The number of hydrogen-bond acceptors (Lipinski definition) is 5. The number of pyridine rings is 1. The smallest absolute Gasteiger partial charge is 0.265 e. The zero-order valence-electron chi connectivity index (χ0n) is 13.2. The normalized spacial score (nSPS) is 19.2. The Balaban J connectivity index is 1.93. The molecule has 1 aliphatic heterocycles. The Morgan fingerprint density at radius 3 is 2.75 bits per heavy atom. The maximum atomic E-state index is 12.5. The fourth-order valence-electron chi connectivity index (χ4n) is 3.20. The van der Waals surface area contributed by atoms with Crippen LogP contribution in [0.15, 0.2) is 47.2 Å². The van der Waals surface area contributed by atoms with E-state index in [2.05, 4.69) is 15.5 Å². The number of amides is 1. The lowest BCUT2D eigenvalue weighted by molar-refractivity contribution is -0.129. The lowest BCUT2D eigenvalue weighted by atomic mass is 9.87. The van der Waals surface area contributed by atoms with Gasteiger partial charge in [-0.3, -0.25) is 9.78 Å². The summed E-state index contributed by atoms with van der Waals surface area (Å²) >= 11 is 0. The molecule has 3 aromatic rings. The number of anilines is 1. The van der Waals surface area contributed by atoms with E-state index < -0.39 is 11.5 Å². The zero-order valence-corrected chi connectivity index (χ0v) is 13.2. The summed E-state index contributed by atoms with van der Waals surface area (Å²) in [6, 6.07) is 8.83. The van der Waals surface area contributed by atoms with E-state index in [-0.39, 0.29) is 0 Å². The molecule has 0 fully saturated rings. The van der Waals surface area contributed by atoms with Crippen LogP contribution in [0.4, 0.5) is 5.69 Å². The van der Waals surface area contributed by atoms with Crippen LogP contribution in [0.2, 0.25) is 0 Å². The van der Waals surface area contributed by atoms with Crippen LogP contribution in [0.3, 0.4) is 0 Å². The van der Waals surface area contributed by atoms with Crippen molar-refractivity contribution in [2.24, 2.45) is 0 Å². The Morgan fingerprint density at radius 2 is 2.08 bits per heavy atom. The molecule has 120 valence electrons. The van der Waals surface area contributed by atoms with Gasteiger partial charge in [-0.15, -0.1) is 0 Å². The molecule has 6 nitrogen and oxygen atoms in total. The molecule has 24 heavy (non-hydrogen) atoms. The van der Waals surface area contributed by atoms with E-state index in [4.69, 9.17) is 4.52 Å². The summed E-state index contributed by atoms with van der Waals surface area (Å²) in [6.07, 6.45) is 3.10. The number of aliphatic hydroxyl groups is 1. The first-order valence-electron chi connectivity index (χ1n) is 7.54. The third-order valence-corrected chi connectivity index (χ3v) is 4.39. The minimum Gasteiger partial charge on any atom is -0.372 e. The van der Waals surface area contributed by atoms with E-state index in [9.17, 15) is 9.90 Å². The standard InChI is InChI=1S/C18H15N3O3/c1-10-16(11(2)24-21-10)12-5-6-15-14(8-12)18(23,17(22)20-15)13-4-3-7-19-9-13/h3-9,23H,1-2H3,(H,20,22). The van der Waals surface area contributed by atoms with Gasteiger partial charge in [-0.1, -0.05) is 17.3 Å². The molecule has 2 N–H and O–H groups in total. The Labute approximate surface area is 138 Å². The number of aryl methyl sites for hydroxylation is 2. The molecule has 1 aliphatic rings. The minimum absolute atomic E-state index is 0.428. The van der Waals surface area contributed by atoms with Gasteiger partial charge in [0.05, 0.1) is 5.69 Å². The summed E-state index contributed by atoms with van der Waals surface area (Å²) in [7, 11) is 0. The molecule has 1 unspecified atom stereocenters. The first kappa shape index (κ1) is 14.6. The zero-order chi connectivity index (χ0) is 16.9. The maximum Gasteiger partial charge on any atom is 0.265 e. The second-order valence-corrected chi connectivity index (χ2v) is 5.87. The second-order valence-electron chi connectivity index (χ2n) is 5.87. The quantitative estimate of drug-likeness (QED) is 0.757. The summed E-state index contributed by atoms with van der Waals surface area (Å²) in [5.41, 5.74) is 2.21. The number of rotatable bonds is 2. The molecular formula is C18H15N3O3. The fraction of sp³-hybridized carbons (Fsp3) is 0.167. The Morgan fingerprint density at radius 1 is 1.25 bits per heavy atom. The van der Waals surface area contributed by atoms with Crippen molar-refractivity contribution >= 4 is 11.6 Å². The summed E-state index contributed by atoms with van der Waals surface area (Å²) < 4.78 is 5.22. The first-order chi connectivity index (χ1) is 11.5. The van der Waals surface area contributed by atoms with Gasteiger partial charge < -0.3 is 14.9 Å². The molecule has 6 heteroatoms. The number of aromatic nitrogens is 2. The van der Waals surface area contributed by atoms with Crippen LogP contribution in [0, 0.1) is 13.8 Å². The van der Waals surface area contributed by atoms with Gasteiger partial charge in [-0.2, -0.15) is 0 Å². The summed E-state index contributed by atoms with van der Waals surface area (Å²) in [5.74, 6) is 0.205. The molecule has 3 heterocycles. The molecule has 2 aromatic heterocycles. The van der Waals surface area contributed by atoms with Gasteiger partial charge in [-0.25, -0.2) is 0 Å². The van der Waals surface area contributed by atoms with Crippen molar-refractivity contribution in [2.45, 2.75) is 19.4 Å². The van der Waals surface area contributed by atoms with Crippen molar-refractivity contribution < 1.29 is 14.4 Å². The van der Waals surface area contributed by atoms with Gasteiger partial charge in [0.15, 0.2) is 5.60 Å². The largest absolute Gasteiger partial charge is 0.372 e. The van der Waals surface area contributed by atoms with Gasteiger partial charge in [0, 0.05) is 34.8 Å². The van der Waals surface area contributed by atoms with Gasteiger partial charge in [0.1, 0.15) is 5.76 Å². The maximum absolute atomic E-state index is 12.5. The van der Waals surface area contributed by atoms with E-state index in [0.717, 1.165) is 16.8 Å². The van der Waals surface area contributed by atoms with Crippen LogP contribution in [-0.4, -0.2) is 21.2 Å². The Bertz CT molecular complexity index is 930. The van der Waals surface area contributed by atoms with Crippen molar-refractivity contribution in [2.75, 3.05) is 5.32 Å². The molecule has 0 spiro atoms. The predicted molar refractivity (Wildman–Crippen MR) is 87.3 cm³/mol. The molecule has 0 aliphatic carbocycles. The van der Waals surface area contributed by atoms with Crippen molar-refractivity contribution in [3.05, 3.63) is 65.3 Å². The van der Waals surface area contributed by atoms with Crippen LogP contribution in [-0.2, 0) is 10.4 Å². The van der Waals surface area contributed by atoms with E-state index in [0.29, 0.717) is 22.6 Å². The summed E-state index contributed by atoms with van der Waals surface area (Å²) in [6.45, 7) is 3.69. The highest BCUT2D eigenvalue weighted by molar-refractivity contribution is 6.07. The van der Waals surface area contributed by atoms with Crippen LogP contribution < -0.4 is 5.32 Å². The number of hydrogen-bond donors (Lipinski definition) is 2. The average molecular weight is 321 g/mol. The van der Waals surface area contributed by atoms with E-state index in [1.807, 2.05) is 19.9 Å². The third kappa shape index (κ3) is 1.90. The molecule has 1 atom stereocenters. The van der Waals surface area contributed by atoms with Crippen molar-refractivity contribution in [3.8, 4) is 11.1 Å². The van der Waals surface area contributed by atoms with Crippen molar-refractivity contribution in [1.29, 1.82) is 0 Å². The van der Waals surface area contributed by atoms with Gasteiger partial charge in [0.25, 0.3) is 5.91 Å². The van der Waals surface area contributed by atoms with Crippen molar-refractivity contribution in [1.82, 2.24) is 10.1 Å². The Kier molecular flexibility index (Phi) is 3.04. The number of nitrogens with zero attached hydrogens (tertiary/aromatic N) is 2. The number of carbonyl (C=O) groups excluding carboxylic acids is 1. The molecule has 0 saturated heterocycles. The predicted octanol–water partition coefficient (Wildman–Crippen LogP) is 2.54. The van der Waals surface area contributed by atoms with Gasteiger partial charge >= 0.3 is 0 Å². The van der Waals surface area contributed by atoms with Gasteiger partial charge in [-0.05, 0) is 37.6 Å². The van der Waals surface area contributed by atoms with E-state index >= 15 is 0 Å². The third-order valence-electron chi connectivity index (χ3n) is 4.39. The summed E-state index contributed by atoms with van der Waals surface area (Å²) in [4.78, 5) is 16.5. The van der Waals surface area contributed by atoms with Gasteiger partial charge in [0.2, 0.25) is 0 Å². The van der Waals surface area contributed by atoms with E-state index in [1.54, 1.807) is 30.5 Å². The summed E-state index contributed by atoms with van der Waals surface area (Å²) in [5, 5.41) is 17.9. The SMILES string of the molecule is Cc1noc(C)c1-c1ccc2c(c1)C(O)(c1cccnc1)C(=O)N2. The van der Waals surface area contributed by atoms with Crippen LogP contribution in [0.5, 0.6) is 0 Å². The molecule has 0 bridgehead atoms.